The molecule has 3 aromatic rings. The first-order chi connectivity index (χ1) is 12.5. The SMILES string of the molecule is Cc1nn(C)c(Cl)c1/C=C/C(=O)NCc1ccc(Cn2cncn2)cc1. The van der Waals surface area contributed by atoms with Crippen LogP contribution in [0, 0.1) is 6.92 Å². The van der Waals surface area contributed by atoms with Gasteiger partial charge in [-0.2, -0.15) is 10.2 Å². The fraction of sp³-hybridized carbons (Fsp3) is 0.222. The van der Waals surface area contributed by atoms with Crippen molar-refractivity contribution in [1.29, 1.82) is 0 Å². The monoisotopic (exact) mass is 370 g/mol. The predicted molar refractivity (Wildman–Crippen MR) is 99.4 cm³/mol. The van der Waals surface area contributed by atoms with Crippen LogP contribution in [0.15, 0.2) is 43.0 Å². The number of carbonyl (C=O) groups excluding carboxylic acids is 1. The highest BCUT2D eigenvalue weighted by atomic mass is 35.5. The lowest BCUT2D eigenvalue weighted by Gasteiger charge is -2.05. The zero-order valence-corrected chi connectivity index (χ0v) is 15.3. The molecule has 0 unspecified atom stereocenters. The van der Waals surface area contributed by atoms with E-state index in [0.29, 0.717) is 18.2 Å². The third kappa shape index (κ3) is 4.37. The van der Waals surface area contributed by atoms with E-state index in [-0.39, 0.29) is 5.91 Å². The van der Waals surface area contributed by atoms with Crippen molar-refractivity contribution < 1.29 is 4.79 Å². The Morgan fingerprint density at radius 3 is 2.62 bits per heavy atom. The molecule has 0 radical (unpaired) electrons. The lowest BCUT2D eigenvalue weighted by Crippen LogP contribution is -2.20. The number of hydrogen-bond acceptors (Lipinski definition) is 4. The van der Waals surface area contributed by atoms with Crippen LogP contribution in [0.25, 0.3) is 6.08 Å². The molecule has 0 aliphatic heterocycles. The highest BCUT2D eigenvalue weighted by Crippen LogP contribution is 2.19. The summed E-state index contributed by atoms with van der Waals surface area (Å²) in [6.07, 6.45) is 6.34. The summed E-state index contributed by atoms with van der Waals surface area (Å²) >= 11 is 6.14. The van der Waals surface area contributed by atoms with E-state index < -0.39 is 0 Å². The van der Waals surface area contributed by atoms with Crippen LogP contribution in [0.3, 0.4) is 0 Å². The van der Waals surface area contributed by atoms with Crippen LogP contribution in [-0.4, -0.2) is 30.5 Å². The second kappa shape index (κ2) is 7.97. The van der Waals surface area contributed by atoms with Crippen LogP contribution >= 0.6 is 11.6 Å². The number of aromatic nitrogens is 5. The minimum Gasteiger partial charge on any atom is -0.348 e. The van der Waals surface area contributed by atoms with Crippen LogP contribution in [-0.2, 0) is 24.9 Å². The van der Waals surface area contributed by atoms with Crippen molar-refractivity contribution in [1.82, 2.24) is 29.9 Å². The van der Waals surface area contributed by atoms with Gasteiger partial charge in [0.2, 0.25) is 5.91 Å². The second-order valence-electron chi connectivity index (χ2n) is 5.87. The zero-order valence-electron chi connectivity index (χ0n) is 14.6. The van der Waals surface area contributed by atoms with E-state index in [2.05, 4.69) is 20.5 Å². The third-order valence-electron chi connectivity index (χ3n) is 3.90. The number of halogens is 1. The van der Waals surface area contributed by atoms with Crippen molar-refractivity contribution in [2.45, 2.75) is 20.0 Å². The smallest absolute Gasteiger partial charge is 0.244 e. The van der Waals surface area contributed by atoms with E-state index in [4.69, 9.17) is 11.6 Å². The first kappa shape index (κ1) is 17.9. The number of carbonyl (C=O) groups is 1. The van der Waals surface area contributed by atoms with E-state index >= 15 is 0 Å². The molecule has 8 heteroatoms. The molecule has 0 aliphatic rings. The minimum atomic E-state index is -0.184. The molecule has 0 saturated carbocycles. The summed E-state index contributed by atoms with van der Waals surface area (Å²) in [5.41, 5.74) is 3.67. The molecule has 2 heterocycles. The summed E-state index contributed by atoms with van der Waals surface area (Å²) in [7, 11) is 1.76. The predicted octanol–water partition coefficient (Wildman–Crippen LogP) is 2.35. The first-order valence-corrected chi connectivity index (χ1v) is 8.46. The number of amides is 1. The van der Waals surface area contributed by atoms with Crippen LogP contribution in [0.1, 0.15) is 22.4 Å². The molecule has 1 N–H and O–H groups in total. The number of aryl methyl sites for hydroxylation is 2. The fourth-order valence-corrected chi connectivity index (χ4v) is 2.74. The Morgan fingerprint density at radius 2 is 2.00 bits per heavy atom. The average Bonchev–Trinajstić information content (AvgIpc) is 3.21. The molecule has 26 heavy (non-hydrogen) atoms. The molecular formula is C18H19ClN6O. The average molecular weight is 371 g/mol. The number of hydrogen-bond donors (Lipinski definition) is 1. The van der Waals surface area contributed by atoms with E-state index in [1.54, 1.807) is 28.8 Å². The van der Waals surface area contributed by atoms with Crippen molar-refractivity contribution in [3.8, 4) is 0 Å². The van der Waals surface area contributed by atoms with Gasteiger partial charge in [-0.3, -0.25) is 9.48 Å². The van der Waals surface area contributed by atoms with Crippen molar-refractivity contribution in [3.63, 3.8) is 0 Å². The Bertz CT molecular complexity index is 912. The van der Waals surface area contributed by atoms with Gasteiger partial charge in [-0.1, -0.05) is 35.9 Å². The van der Waals surface area contributed by atoms with E-state index in [1.807, 2.05) is 31.2 Å². The standard InChI is InChI=1S/C18H19ClN6O/c1-13-16(18(19)24(2)23-13)7-8-17(26)21-9-14-3-5-15(6-4-14)10-25-12-20-11-22-25/h3-8,11-12H,9-10H2,1-2H3,(H,21,26)/b8-7+. The fourth-order valence-electron chi connectivity index (χ4n) is 2.51. The van der Waals surface area contributed by atoms with Gasteiger partial charge in [0.05, 0.1) is 12.2 Å². The summed E-state index contributed by atoms with van der Waals surface area (Å²) in [5.74, 6) is -0.184. The molecule has 1 amide bonds. The van der Waals surface area contributed by atoms with Crippen LogP contribution in [0.4, 0.5) is 0 Å². The molecule has 1 aromatic carbocycles. The van der Waals surface area contributed by atoms with Gasteiger partial charge in [0, 0.05) is 25.2 Å². The lowest BCUT2D eigenvalue weighted by atomic mass is 10.1. The maximum absolute atomic E-state index is 12.0. The second-order valence-corrected chi connectivity index (χ2v) is 6.23. The van der Waals surface area contributed by atoms with Gasteiger partial charge in [0.15, 0.2) is 0 Å². The molecule has 0 aliphatic carbocycles. The summed E-state index contributed by atoms with van der Waals surface area (Å²) in [6.45, 7) is 2.97. The molecule has 3 rings (SSSR count). The Labute approximate surface area is 156 Å². The van der Waals surface area contributed by atoms with Gasteiger partial charge >= 0.3 is 0 Å². The Kier molecular flexibility index (Phi) is 5.48. The lowest BCUT2D eigenvalue weighted by molar-refractivity contribution is -0.116. The number of rotatable bonds is 6. The summed E-state index contributed by atoms with van der Waals surface area (Å²) in [4.78, 5) is 15.9. The van der Waals surface area contributed by atoms with Crippen molar-refractivity contribution in [3.05, 3.63) is 70.5 Å². The molecule has 0 fully saturated rings. The summed E-state index contributed by atoms with van der Waals surface area (Å²) < 4.78 is 3.34. The number of benzene rings is 1. The van der Waals surface area contributed by atoms with Crippen LogP contribution < -0.4 is 5.32 Å². The highest BCUT2D eigenvalue weighted by Gasteiger charge is 2.08. The van der Waals surface area contributed by atoms with Crippen molar-refractivity contribution in [2.24, 2.45) is 7.05 Å². The topological polar surface area (TPSA) is 77.6 Å². The Morgan fingerprint density at radius 1 is 1.27 bits per heavy atom. The maximum Gasteiger partial charge on any atom is 0.244 e. The summed E-state index contributed by atoms with van der Waals surface area (Å²) in [6, 6.07) is 7.99. The minimum absolute atomic E-state index is 0.184. The van der Waals surface area contributed by atoms with Gasteiger partial charge in [0.1, 0.15) is 17.8 Å². The van der Waals surface area contributed by atoms with Gasteiger partial charge < -0.3 is 5.32 Å². The van der Waals surface area contributed by atoms with Gasteiger partial charge in [-0.15, -0.1) is 0 Å². The maximum atomic E-state index is 12.0. The van der Waals surface area contributed by atoms with Crippen LogP contribution in [0.2, 0.25) is 5.15 Å². The van der Waals surface area contributed by atoms with E-state index in [0.717, 1.165) is 22.4 Å². The van der Waals surface area contributed by atoms with E-state index in [1.165, 1.54) is 12.4 Å². The quantitative estimate of drug-likeness (QED) is 0.676. The molecule has 134 valence electrons. The van der Waals surface area contributed by atoms with Gasteiger partial charge in [-0.05, 0) is 24.1 Å². The van der Waals surface area contributed by atoms with Gasteiger partial charge in [-0.25, -0.2) is 9.67 Å². The van der Waals surface area contributed by atoms with Crippen molar-refractivity contribution in [2.75, 3.05) is 0 Å². The normalized spacial score (nSPS) is 11.2. The Balaban J connectivity index is 1.53. The van der Waals surface area contributed by atoms with Gasteiger partial charge in [0.25, 0.3) is 0 Å². The molecule has 0 atom stereocenters. The first-order valence-electron chi connectivity index (χ1n) is 8.08. The molecule has 0 bridgehead atoms. The molecule has 2 aromatic heterocycles. The zero-order chi connectivity index (χ0) is 18.5. The molecule has 7 nitrogen and oxygen atoms in total. The number of nitrogens with one attached hydrogen (secondary N) is 1. The third-order valence-corrected chi connectivity index (χ3v) is 4.35. The Hall–Kier alpha value is -2.93. The number of nitrogens with zero attached hydrogens (tertiary/aromatic N) is 5. The summed E-state index contributed by atoms with van der Waals surface area (Å²) in [5, 5.41) is 11.7. The molecule has 0 spiro atoms. The van der Waals surface area contributed by atoms with Crippen molar-refractivity contribution >= 4 is 23.6 Å². The molecular weight excluding hydrogens is 352 g/mol. The molecule has 0 saturated heterocycles. The van der Waals surface area contributed by atoms with Crippen LogP contribution in [0.5, 0.6) is 0 Å². The highest BCUT2D eigenvalue weighted by molar-refractivity contribution is 6.31. The largest absolute Gasteiger partial charge is 0.348 e. The van der Waals surface area contributed by atoms with E-state index in [9.17, 15) is 4.79 Å².